The molecule has 0 aliphatic carbocycles. The number of halogens is 1. The average molecular weight is 271 g/mol. The molecule has 20 heavy (non-hydrogen) atoms. The average Bonchev–Trinajstić information content (AvgIpc) is 2.87. The van der Waals surface area contributed by atoms with Crippen LogP contribution in [-0.4, -0.2) is 25.5 Å². The third-order valence-corrected chi connectivity index (χ3v) is 2.74. The first kappa shape index (κ1) is 12.2. The van der Waals surface area contributed by atoms with Gasteiger partial charge in [0.25, 0.3) is 11.7 Å². The number of hydrogen-bond acceptors (Lipinski definition) is 4. The van der Waals surface area contributed by atoms with Crippen molar-refractivity contribution >= 4 is 17.4 Å². The Morgan fingerprint density at radius 2 is 2.00 bits per heavy atom. The monoisotopic (exact) mass is 271 g/mol. The minimum atomic E-state index is -0.471. The maximum Gasteiger partial charge on any atom is 0.295 e. The van der Waals surface area contributed by atoms with Crippen LogP contribution >= 0.6 is 0 Å². The maximum atomic E-state index is 12.8. The Morgan fingerprint density at radius 1 is 1.25 bits per heavy atom. The number of anilines is 1. The van der Waals surface area contributed by atoms with Crippen LogP contribution in [0.5, 0.6) is 0 Å². The smallest absolute Gasteiger partial charge is 0.295 e. The summed E-state index contributed by atoms with van der Waals surface area (Å²) < 4.78 is 14.3. The summed E-state index contributed by atoms with van der Waals surface area (Å²) in [6.45, 7) is 1.84. The van der Waals surface area contributed by atoms with Crippen molar-refractivity contribution in [2.45, 2.75) is 6.92 Å². The first-order chi connectivity index (χ1) is 9.63. The van der Waals surface area contributed by atoms with Crippen molar-refractivity contribution in [3.63, 3.8) is 0 Å². The van der Waals surface area contributed by atoms with Crippen LogP contribution in [-0.2, 0) is 0 Å². The number of nitrogens with one attached hydrogen (secondary N) is 1. The van der Waals surface area contributed by atoms with Crippen molar-refractivity contribution in [1.82, 2.24) is 19.6 Å². The predicted octanol–water partition coefficient (Wildman–Crippen LogP) is 1.82. The van der Waals surface area contributed by atoms with E-state index in [2.05, 4.69) is 20.4 Å². The number of carbonyl (C=O) groups is 1. The summed E-state index contributed by atoms with van der Waals surface area (Å²) in [6.07, 6.45) is 1.60. The Bertz CT molecular complexity index is 781. The second kappa shape index (κ2) is 4.69. The molecule has 0 unspecified atom stereocenters. The lowest BCUT2D eigenvalue weighted by Crippen LogP contribution is -2.14. The molecule has 0 atom stereocenters. The van der Waals surface area contributed by atoms with E-state index in [0.29, 0.717) is 11.5 Å². The van der Waals surface area contributed by atoms with Gasteiger partial charge in [0.1, 0.15) is 5.82 Å². The molecule has 1 amide bonds. The molecule has 1 aromatic carbocycles. The van der Waals surface area contributed by atoms with Crippen LogP contribution < -0.4 is 5.32 Å². The van der Waals surface area contributed by atoms with E-state index in [0.717, 1.165) is 5.69 Å². The summed E-state index contributed by atoms with van der Waals surface area (Å²) in [5, 5.41) is 6.68. The quantitative estimate of drug-likeness (QED) is 0.771. The normalized spacial score (nSPS) is 10.7. The van der Waals surface area contributed by atoms with Crippen LogP contribution in [0.3, 0.4) is 0 Å². The number of carbonyl (C=O) groups excluding carboxylic acids is 1. The van der Waals surface area contributed by atoms with Crippen LogP contribution in [0.2, 0.25) is 0 Å². The van der Waals surface area contributed by atoms with Crippen LogP contribution in [0, 0.1) is 12.7 Å². The molecule has 6 nitrogen and oxygen atoms in total. The molecule has 0 saturated carbocycles. The number of nitrogens with zero attached hydrogens (tertiary/aromatic N) is 4. The standard InChI is InChI=1S/C13H10FN5O/c1-8-6-7-15-13-17-11(18-19(8)13)12(20)16-10-4-2-9(14)3-5-10/h2-7H,1H3,(H,16,20). The van der Waals surface area contributed by atoms with E-state index < -0.39 is 5.91 Å². The molecule has 100 valence electrons. The summed E-state index contributed by atoms with van der Waals surface area (Å²) in [7, 11) is 0. The number of amides is 1. The Morgan fingerprint density at radius 3 is 2.70 bits per heavy atom. The third-order valence-electron chi connectivity index (χ3n) is 2.74. The van der Waals surface area contributed by atoms with Crippen molar-refractivity contribution < 1.29 is 9.18 Å². The van der Waals surface area contributed by atoms with Crippen molar-refractivity contribution in [3.05, 3.63) is 53.9 Å². The van der Waals surface area contributed by atoms with Crippen LogP contribution in [0.25, 0.3) is 5.78 Å². The molecule has 0 saturated heterocycles. The zero-order chi connectivity index (χ0) is 14.1. The zero-order valence-electron chi connectivity index (χ0n) is 10.5. The minimum Gasteiger partial charge on any atom is -0.319 e. The molecule has 0 aliphatic rings. The highest BCUT2D eigenvalue weighted by atomic mass is 19.1. The van der Waals surface area contributed by atoms with Gasteiger partial charge in [-0.15, -0.1) is 5.10 Å². The summed E-state index contributed by atoms with van der Waals surface area (Å²) >= 11 is 0. The minimum absolute atomic E-state index is 0.0103. The zero-order valence-corrected chi connectivity index (χ0v) is 10.5. The van der Waals surface area contributed by atoms with E-state index in [1.54, 1.807) is 12.3 Å². The van der Waals surface area contributed by atoms with E-state index in [9.17, 15) is 9.18 Å². The fraction of sp³-hybridized carbons (Fsp3) is 0.0769. The Labute approximate surface area is 113 Å². The van der Waals surface area contributed by atoms with Crippen molar-refractivity contribution in [1.29, 1.82) is 0 Å². The molecule has 0 spiro atoms. The number of fused-ring (bicyclic) bond motifs is 1. The first-order valence-electron chi connectivity index (χ1n) is 5.89. The lowest BCUT2D eigenvalue weighted by molar-refractivity contribution is 0.101. The molecule has 0 radical (unpaired) electrons. The van der Waals surface area contributed by atoms with Gasteiger partial charge < -0.3 is 5.32 Å². The summed E-state index contributed by atoms with van der Waals surface area (Å²) in [4.78, 5) is 20.1. The van der Waals surface area contributed by atoms with Gasteiger partial charge in [0, 0.05) is 17.6 Å². The maximum absolute atomic E-state index is 12.8. The predicted molar refractivity (Wildman–Crippen MR) is 69.9 cm³/mol. The van der Waals surface area contributed by atoms with Gasteiger partial charge in [0.15, 0.2) is 0 Å². The summed E-state index contributed by atoms with van der Waals surface area (Å²) in [6, 6.07) is 7.22. The van der Waals surface area contributed by atoms with Gasteiger partial charge in [0.05, 0.1) is 0 Å². The lowest BCUT2D eigenvalue weighted by Gasteiger charge is -2.01. The second-order valence-electron chi connectivity index (χ2n) is 4.19. The molecule has 2 aromatic heterocycles. The van der Waals surface area contributed by atoms with Gasteiger partial charge in [0.2, 0.25) is 5.82 Å². The fourth-order valence-electron chi connectivity index (χ4n) is 1.72. The lowest BCUT2D eigenvalue weighted by atomic mass is 10.3. The second-order valence-corrected chi connectivity index (χ2v) is 4.19. The van der Waals surface area contributed by atoms with E-state index in [1.807, 2.05) is 6.92 Å². The molecule has 1 N–H and O–H groups in total. The molecule has 7 heteroatoms. The number of aromatic nitrogens is 4. The molecule has 0 fully saturated rings. The van der Waals surface area contributed by atoms with Gasteiger partial charge in [-0.2, -0.15) is 4.98 Å². The molecule has 0 bridgehead atoms. The number of hydrogen-bond donors (Lipinski definition) is 1. The molecule has 2 heterocycles. The van der Waals surface area contributed by atoms with Gasteiger partial charge in [-0.1, -0.05) is 0 Å². The summed E-state index contributed by atoms with van der Waals surface area (Å²) in [5.41, 5.74) is 1.29. The third kappa shape index (κ3) is 2.20. The molecular weight excluding hydrogens is 261 g/mol. The van der Waals surface area contributed by atoms with Crippen molar-refractivity contribution in [2.24, 2.45) is 0 Å². The fourth-order valence-corrected chi connectivity index (χ4v) is 1.72. The Kier molecular flexibility index (Phi) is 2.86. The largest absolute Gasteiger partial charge is 0.319 e. The Balaban J connectivity index is 1.89. The van der Waals surface area contributed by atoms with E-state index in [1.165, 1.54) is 28.8 Å². The van der Waals surface area contributed by atoms with E-state index in [-0.39, 0.29) is 11.6 Å². The Hall–Kier alpha value is -2.83. The highest BCUT2D eigenvalue weighted by Crippen LogP contribution is 2.10. The number of rotatable bonds is 2. The SMILES string of the molecule is Cc1ccnc2nc(C(=O)Nc3ccc(F)cc3)nn12. The highest BCUT2D eigenvalue weighted by Gasteiger charge is 2.14. The van der Waals surface area contributed by atoms with Gasteiger partial charge in [-0.25, -0.2) is 13.9 Å². The highest BCUT2D eigenvalue weighted by molar-refractivity contribution is 6.01. The number of benzene rings is 1. The van der Waals surface area contributed by atoms with Crippen molar-refractivity contribution in [3.8, 4) is 0 Å². The number of aryl methyl sites for hydroxylation is 1. The van der Waals surface area contributed by atoms with Crippen LogP contribution in [0.4, 0.5) is 10.1 Å². The van der Waals surface area contributed by atoms with Gasteiger partial charge in [-0.05, 0) is 37.3 Å². The topological polar surface area (TPSA) is 72.2 Å². The van der Waals surface area contributed by atoms with E-state index in [4.69, 9.17) is 0 Å². The van der Waals surface area contributed by atoms with Crippen molar-refractivity contribution in [2.75, 3.05) is 5.32 Å². The molecule has 0 aliphatic heterocycles. The molecular formula is C13H10FN5O. The van der Waals surface area contributed by atoms with Gasteiger partial charge in [-0.3, -0.25) is 4.79 Å². The van der Waals surface area contributed by atoms with Crippen LogP contribution in [0.1, 0.15) is 16.3 Å². The molecule has 3 rings (SSSR count). The van der Waals surface area contributed by atoms with Gasteiger partial charge >= 0.3 is 0 Å². The first-order valence-corrected chi connectivity index (χ1v) is 5.89. The summed E-state index contributed by atoms with van der Waals surface area (Å²) in [5.74, 6) is -0.472. The molecule has 3 aromatic rings. The van der Waals surface area contributed by atoms with E-state index >= 15 is 0 Å². The van der Waals surface area contributed by atoms with Crippen LogP contribution in [0.15, 0.2) is 36.5 Å².